The molecule has 1 aromatic rings. The molecular formula is C11H15ClN2O2. The third-order valence-electron chi connectivity index (χ3n) is 1.68. The van der Waals surface area contributed by atoms with Gasteiger partial charge in [-0.1, -0.05) is 17.7 Å². The third kappa shape index (κ3) is 3.72. The van der Waals surface area contributed by atoms with E-state index in [9.17, 15) is 4.79 Å². The number of amides is 1. The summed E-state index contributed by atoms with van der Waals surface area (Å²) >= 11 is 5.79. The zero-order valence-corrected chi connectivity index (χ0v) is 10.3. The van der Waals surface area contributed by atoms with Crippen molar-refractivity contribution in [2.75, 3.05) is 5.01 Å². The van der Waals surface area contributed by atoms with Gasteiger partial charge in [0.05, 0.1) is 5.69 Å². The number of ether oxygens (including phenoxy) is 1. The molecule has 0 radical (unpaired) electrons. The van der Waals surface area contributed by atoms with E-state index in [0.29, 0.717) is 10.7 Å². The van der Waals surface area contributed by atoms with Crippen molar-refractivity contribution in [2.45, 2.75) is 26.4 Å². The van der Waals surface area contributed by atoms with E-state index in [0.717, 1.165) is 5.01 Å². The van der Waals surface area contributed by atoms with Gasteiger partial charge in [-0.2, -0.15) is 0 Å². The maximum atomic E-state index is 11.6. The van der Waals surface area contributed by atoms with Crippen LogP contribution in [0, 0.1) is 0 Å². The molecule has 88 valence electrons. The van der Waals surface area contributed by atoms with E-state index >= 15 is 0 Å². The van der Waals surface area contributed by atoms with Gasteiger partial charge < -0.3 is 4.74 Å². The van der Waals surface area contributed by atoms with Crippen LogP contribution in [-0.4, -0.2) is 11.7 Å². The average molecular weight is 243 g/mol. The number of benzene rings is 1. The highest BCUT2D eigenvalue weighted by Gasteiger charge is 2.21. The van der Waals surface area contributed by atoms with Crippen LogP contribution in [0.3, 0.4) is 0 Å². The number of hydrogen-bond acceptors (Lipinski definition) is 3. The zero-order valence-electron chi connectivity index (χ0n) is 9.53. The number of hydrazine groups is 1. The molecule has 4 nitrogen and oxygen atoms in total. The van der Waals surface area contributed by atoms with Gasteiger partial charge in [0, 0.05) is 5.02 Å². The molecule has 5 heteroatoms. The Labute approximate surface area is 99.9 Å². The fourth-order valence-electron chi connectivity index (χ4n) is 1.04. The second-order valence-corrected chi connectivity index (χ2v) is 4.77. The van der Waals surface area contributed by atoms with Crippen LogP contribution in [0.25, 0.3) is 0 Å². The Hall–Kier alpha value is -1.26. The van der Waals surface area contributed by atoms with Crippen molar-refractivity contribution in [1.82, 2.24) is 0 Å². The molecule has 0 bridgehead atoms. The molecule has 0 aliphatic carbocycles. The highest BCUT2D eigenvalue weighted by Crippen LogP contribution is 2.19. The van der Waals surface area contributed by atoms with Gasteiger partial charge in [0.15, 0.2) is 0 Å². The Balaban J connectivity index is 2.78. The standard InChI is InChI=1S/C11H15ClN2O2/c1-11(2,3)16-10(15)14(13)9-6-4-5-8(12)7-9/h4-7H,13H2,1-3H3. The summed E-state index contributed by atoms with van der Waals surface area (Å²) in [4.78, 5) is 11.6. The highest BCUT2D eigenvalue weighted by molar-refractivity contribution is 6.30. The normalized spacial score (nSPS) is 11.1. The van der Waals surface area contributed by atoms with Crippen LogP contribution >= 0.6 is 11.6 Å². The van der Waals surface area contributed by atoms with Gasteiger partial charge in [0.1, 0.15) is 5.60 Å². The molecule has 1 aromatic carbocycles. The summed E-state index contributed by atoms with van der Waals surface area (Å²) in [5.74, 6) is 5.61. The minimum absolute atomic E-state index is 0.488. The molecule has 0 atom stereocenters. The number of hydrogen-bond donors (Lipinski definition) is 1. The lowest BCUT2D eigenvalue weighted by Gasteiger charge is -2.24. The number of anilines is 1. The number of nitrogens with zero attached hydrogens (tertiary/aromatic N) is 1. The summed E-state index contributed by atoms with van der Waals surface area (Å²) < 4.78 is 5.11. The van der Waals surface area contributed by atoms with Crippen LogP contribution in [0.2, 0.25) is 5.02 Å². The first-order valence-electron chi connectivity index (χ1n) is 4.83. The topological polar surface area (TPSA) is 55.6 Å². The van der Waals surface area contributed by atoms with E-state index in [1.807, 2.05) is 0 Å². The average Bonchev–Trinajstić information content (AvgIpc) is 2.14. The molecular weight excluding hydrogens is 228 g/mol. The molecule has 2 N–H and O–H groups in total. The van der Waals surface area contributed by atoms with Crippen molar-refractivity contribution in [3.63, 3.8) is 0 Å². The van der Waals surface area contributed by atoms with Crippen molar-refractivity contribution in [1.29, 1.82) is 0 Å². The van der Waals surface area contributed by atoms with Crippen LogP contribution in [0.5, 0.6) is 0 Å². The first-order chi connectivity index (χ1) is 7.29. The quantitative estimate of drug-likeness (QED) is 0.468. The summed E-state index contributed by atoms with van der Waals surface area (Å²) in [6.45, 7) is 5.32. The molecule has 0 heterocycles. The molecule has 1 rings (SSSR count). The summed E-state index contributed by atoms with van der Waals surface area (Å²) in [6.07, 6.45) is -0.616. The molecule has 0 saturated heterocycles. The van der Waals surface area contributed by atoms with Crippen LogP contribution in [0.1, 0.15) is 20.8 Å². The van der Waals surface area contributed by atoms with Gasteiger partial charge in [-0.05, 0) is 39.0 Å². The molecule has 0 spiro atoms. The van der Waals surface area contributed by atoms with Gasteiger partial charge in [-0.25, -0.2) is 15.6 Å². The highest BCUT2D eigenvalue weighted by atomic mass is 35.5. The third-order valence-corrected chi connectivity index (χ3v) is 1.91. The smallest absolute Gasteiger partial charge is 0.429 e. The summed E-state index contributed by atoms with van der Waals surface area (Å²) in [5, 5.41) is 1.44. The van der Waals surface area contributed by atoms with Crippen LogP contribution in [-0.2, 0) is 4.74 Å². The van der Waals surface area contributed by atoms with E-state index in [2.05, 4.69) is 0 Å². The number of carbonyl (C=O) groups is 1. The first-order valence-corrected chi connectivity index (χ1v) is 5.21. The monoisotopic (exact) mass is 242 g/mol. The Morgan fingerprint density at radius 1 is 1.44 bits per heavy atom. The van der Waals surface area contributed by atoms with Gasteiger partial charge in [0.25, 0.3) is 0 Å². The predicted octanol–water partition coefficient (Wildman–Crippen LogP) is 2.96. The Morgan fingerprint density at radius 2 is 2.06 bits per heavy atom. The van der Waals surface area contributed by atoms with E-state index in [-0.39, 0.29) is 0 Å². The largest absolute Gasteiger partial charge is 0.442 e. The summed E-state index contributed by atoms with van der Waals surface area (Å²) in [5.41, 5.74) is -0.0884. The van der Waals surface area contributed by atoms with E-state index in [1.165, 1.54) is 0 Å². The Bertz CT molecular complexity index is 388. The van der Waals surface area contributed by atoms with Gasteiger partial charge in [-0.3, -0.25) is 0 Å². The lowest BCUT2D eigenvalue weighted by Crippen LogP contribution is -2.41. The number of carbonyl (C=O) groups excluding carboxylic acids is 1. The van der Waals surface area contributed by atoms with Crippen LogP contribution in [0.4, 0.5) is 10.5 Å². The van der Waals surface area contributed by atoms with Gasteiger partial charge in [0.2, 0.25) is 0 Å². The van der Waals surface area contributed by atoms with E-state index < -0.39 is 11.7 Å². The molecule has 0 aliphatic heterocycles. The second kappa shape index (κ2) is 4.72. The fraction of sp³-hybridized carbons (Fsp3) is 0.364. The molecule has 0 aliphatic rings. The molecule has 0 aromatic heterocycles. The minimum Gasteiger partial charge on any atom is -0.442 e. The molecule has 16 heavy (non-hydrogen) atoms. The van der Waals surface area contributed by atoms with E-state index in [4.69, 9.17) is 22.2 Å². The molecule has 1 amide bonds. The van der Waals surface area contributed by atoms with Gasteiger partial charge >= 0.3 is 6.09 Å². The maximum Gasteiger partial charge on any atom is 0.429 e. The number of halogens is 1. The predicted molar refractivity (Wildman–Crippen MR) is 64.4 cm³/mol. The summed E-state index contributed by atoms with van der Waals surface area (Å²) in [7, 11) is 0. The molecule has 0 fully saturated rings. The van der Waals surface area contributed by atoms with Crippen molar-refractivity contribution in [3.8, 4) is 0 Å². The van der Waals surface area contributed by atoms with Crippen LogP contribution < -0.4 is 10.9 Å². The lowest BCUT2D eigenvalue weighted by molar-refractivity contribution is 0.0580. The fourth-order valence-corrected chi connectivity index (χ4v) is 1.23. The maximum absolute atomic E-state index is 11.6. The second-order valence-electron chi connectivity index (χ2n) is 4.33. The van der Waals surface area contributed by atoms with E-state index in [1.54, 1.807) is 45.0 Å². The summed E-state index contributed by atoms with van der Waals surface area (Å²) in [6, 6.07) is 6.68. The zero-order chi connectivity index (χ0) is 12.3. The minimum atomic E-state index is -0.616. The first kappa shape index (κ1) is 12.8. The van der Waals surface area contributed by atoms with Crippen molar-refractivity contribution >= 4 is 23.4 Å². The molecule has 0 saturated carbocycles. The Kier molecular flexibility index (Phi) is 3.78. The van der Waals surface area contributed by atoms with Crippen molar-refractivity contribution < 1.29 is 9.53 Å². The van der Waals surface area contributed by atoms with Crippen molar-refractivity contribution in [3.05, 3.63) is 29.3 Å². The number of nitrogens with two attached hydrogens (primary N) is 1. The van der Waals surface area contributed by atoms with Crippen LogP contribution in [0.15, 0.2) is 24.3 Å². The number of rotatable bonds is 1. The van der Waals surface area contributed by atoms with Crippen molar-refractivity contribution in [2.24, 2.45) is 5.84 Å². The van der Waals surface area contributed by atoms with Gasteiger partial charge in [-0.15, -0.1) is 0 Å². The molecule has 0 unspecified atom stereocenters. The SMILES string of the molecule is CC(C)(C)OC(=O)N(N)c1cccc(Cl)c1. The lowest BCUT2D eigenvalue weighted by atomic mass is 10.2. The Morgan fingerprint density at radius 3 is 2.56 bits per heavy atom.